The van der Waals surface area contributed by atoms with E-state index < -0.39 is 17.6 Å². The summed E-state index contributed by atoms with van der Waals surface area (Å²) >= 11 is 0. The van der Waals surface area contributed by atoms with Crippen LogP contribution >= 0.6 is 0 Å². The van der Waals surface area contributed by atoms with Crippen LogP contribution in [0.1, 0.15) is 47.3 Å². The lowest BCUT2D eigenvalue weighted by molar-refractivity contribution is 0.0975. The molecule has 4 nitrogen and oxygen atoms in total. The van der Waals surface area contributed by atoms with Gasteiger partial charge >= 0.3 is 0 Å². The maximum atomic E-state index is 14.9. The van der Waals surface area contributed by atoms with Gasteiger partial charge < -0.3 is 10.1 Å². The van der Waals surface area contributed by atoms with Gasteiger partial charge in [-0.2, -0.15) is 0 Å². The van der Waals surface area contributed by atoms with Crippen LogP contribution < -0.4 is 10.1 Å². The minimum atomic E-state index is -0.542. The zero-order chi connectivity index (χ0) is 22.7. The number of carbonyl (C=O) groups is 1. The van der Waals surface area contributed by atoms with Crippen LogP contribution in [0, 0.1) is 17.1 Å². The molecule has 6 heteroatoms. The van der Waals surface area contributed by atoms with E-state index in [-0.39, 0.29) is 34.2 Å². The fourth-order valence-electron chi connectivity index (χ4n) is 3.33. The first kappa shape index (κ1) is 22.2. The van der Waals surface area contributed by atoms with Crippen molar-refractivity contribution in [1.82, 2.24) is 5.32 Å². The molecule has 160 valence electrons. The number of allylic oxidation sites excluding steroid dienone is 3. The van der Waals surface area contributed by atoms with Crippen molar-refractivity contribution in [2.24, 2.45) is 5.92 Å². The predicted molar refractivity (Wildman–Crippen MR) is 119 cm³/mol. The number of fused-ring (bicyclic) bond motifs is 1. The van der Waals surface area contributed by atoms with E-state index >= 15 is 0 Å². The number of hydrogen-bond acceptors (Lipinski definition) is 3. The van der Waals surface area contributed by atoms with Gasteiger partial charge in [0.05, 0.1) is 12.7 Å². The largest absolute Gasteiger partial charge is 0.496 e. The maximum Gasteiger partial charge on any atom is 0.256 e. The van der Waals surface area contributed by atoms with Crippen LogP contribution in [0.3, 0.4) is 0 Å². The van der Waals surface area contributed by atoms with Gasteiger partial charge in [0.2, 0.25) is 0 Å². The molecule has 0 saturated carbocycles. The van der Waals surface area contributed by atoms with E-state index in [9.17, 15) is 13.6 Å². The van der Waals surface area contributed by atoms with Crippen molar-refractivity contribution in [3.8, 4) is 5.75 Å². The Hall–Kier alpha value is -3.54. The SMILES string of the molecule is C=C1C=C(F)c2ccc(C(=O)NC(=N)[C@H](C)CC)cc2C(c2c(F)cccc2OC)=C1. The molecule has 0 heterocycles. The molecule has 0 unspecified atom stereocenters. The fourth-order valence-corrected chi connectivity index (χ4v) is 3.33. The molecule has 1 atom stereocenters. The second kappa shape index (κ2) is 9.08. The smallest absolute Gasteiger partial charge is 0.256 e. The lowest BCUT2D eigenvalue weighted by Crippen LogP contribution is -2.34. The number of benzene rings is 2. The highest BCUT2D eigenvalue weighted by Gasteiger charge is 2.24. The summed E-state index contributed by atoms with van der Waals surface area (Å²) < 4.78 is 35.1. The lowest BCUT2D eigenvalue weighted by Gasteiger charge is -2.17. The zero-order valence-corrected chi connectivity index (χ0v) is 17.7. The first-order valence-corrected chi connectivity index (χ1v) is 9.92. The van der Waals surface area contributed by atoms with Gasteiger partial charge in [-0.25, -0.2) is 8.78 Å². The van der Waals surface area contributed by atoms with Gasteiger partial charge in [0, 0.05) is 17.0 Å². The molecule has 1 amide bonds. The van der Waals surface area contributed by atoms with Crippen LogP contribution in [0.2, 0.25) is 0 Å². The molecule has 0 spiro atoms. The Morgan fingerprint density at radius 1 is 1.19 bits per heavy atom. The van der Waals surface area contributed by atoms with Crippen LogP contribution in [-0.4, -0.2) is 18.9 Å². The summed E-state index contributed by atoms with van der Waals surface area (Å²) in [5.74, 6) is -1.29. The van der Waals surface area contributed by atoms with Gasteiger partial charge in [-0.3, -0.25) is 10.2 Å². The first-order chi connectivity index (χ1) is 14.8. The highest BCUT2D eigenvalue weighted by atomic mass is 19.1. The van der Waals surface area contributed by atoms with E-state index in [1.807, 2.05) is 13.8 Å². The monoisotopic (exact) mass is 422 g/mol. The molecule has 0 aromatic heterocycles. The van der Waals surface area contributed by atoms with Gasteiger partial charge in [-0.05, 0) is 59.5 Å². The quantitative estimate of drug-likeness (QED) is 0.466. The highest BCUT2D eigenvalue weighted by Crippen LogP contribution is 2.40. The van der Waals surface area contributed by atoms with Gasteiger partial charge in [0.25, 0.3) is 5.91 Å². The Bertz CT molecular complexity index is 1130. The molecule has 0 fully saturated rings. The molecule has 0 saturated heterocycles. The van der Waals surface area contributed by atoms with Crippen molar-refractivity contribution in [3.63, 3.8) is 0 Å². The Morgan fingerprint density at radius 3 is 2.61 bits per heavy atom. The van der Waals surface area contributed by atoms with Crippen molar-refractivity contribution < 1.29 is 18.3 Å². The van der Waals surface area contributed by atoms with Crippen molar-refractivity contribution >= 4 is 23.1 Å². The Labute approximate surface area is 180 Å². The van der Waals surface area contributed by atoms with Crippen molar-refractivity contribution in [2.75, 3.05) is 7.11 Å². The minimum absolute atomic E-state index is 0.105. The van der Waals surface area contributed by atoms with Gasteiger partial charge in [0.1, 0.15) is 23.2 Å². The van der Waals surface area contributed by atoms with Crippen LogP contribution in [0.5, 0.6) is 5.75 Å². The number of carbonyl (C=O) groups excluding carboxylic acids is 1. The fraction of sp³-hybridized carbons (Fsp3) is 0.200. The normalized spacial score (nSPS) is 14.0. The predicted octanol–water partition coefficient (Wildman–Crippen LogP) is 5.90. The molecule has 3 rings (SSSR count). The number of hydrogen-bond donors (Lipinski definition) is 2. The molecular weight excluding hydrogens is 398 g/mol. The highest BCUT2D eigenvalue weighted by molar-refractivity contribution is 6.07. The van der Waals surface area contributed by atoms with E-state index in [1.165, 1.54) is 43.5 Å². The first-order valence-electron chi connectivity index (χ1n) is 9.92. The Kier molecular flexibility index (Phi) is 6.49. The standard InChI is InChI=1S/C25H24F2N2O2/c1-5-15(3)24(28)29-25(30)16-9-10-17-18(13-16)19(11-14(2)12-21(17)27)23-20(26)7-6-8-22(23)31-4/h6-13,15H,2,5H2,1,3-4H3,(H2,28,29,30)/t15-/m1/s1. The molecule has 0 bridgehead atoms. The number of amidine groups is 1. The number of amides is 1. The summed E-state index contributed by atoms with van der Waals surface area (Å²) in [4.78, 5) is 12.7. The molecule has 2 aromatic carbocycles. The summed E-state index contributed by atoms with van der Waals surface area (Å²) in [7, 11) is 1.43. The molecule has 0 aliphatic heterocycles. The van der Waals surface area contributed by atoms with E-state index in [1.54, 1.807) is 12.1 Å². The summed E-state index contributed by atoms with van der Waals surface area (Å²) in [6.45, 7) is 7.60. The van der Waals surface area contributed by atoms with Crippen molar-refractivity contribution in [3.05, 3.63) is 88.8 Å². The van der Waals surface area contributed by atoms with Gasteiger partial charge in [-0.1, -0.05) is 32.6 Å². The molecule has 1 aliphatic carbocycles. The van der Waals surface area contributed by atoms with Gasteiger partial charge in [-0.15, -0.1) is 0 Å². The van der Waals surface area contributed by atoms with Crippen LogP contribution in [0.25, 0.3) is 11.4 Å². The average Bonchev–Trinajstić information content (AvgIpc) is 2.87. The summed E-state index contributed by atoms with van der Waals surface area (Å²) in [5.41, 5.74) is 1.63. The van der Waals surface area contributed by atoms with E-state index in [0.29, 0.717) is 23.1 Å². The number of rotatable bonds is 5. The zero-order valence-electron chi connectivity index (χ0n) is 17.7. The Balaban J connectivity index is 2.15. The third-order valence-electron chi connectivity index (χ3n) is 5.29. The third kappa shape index (κ3) is 4.48. The van der Waals surface area contributed by atoms with Crippen molar-refractivity contribution in [2.45, 2.75) is 20.3 Å². The van der Waals surface area contributed by atoms with Crippen LogP contribution in [-0.2, 0) is 0 Å². The van der Waals surface area contributed by atoms with E-state index in [0.717, 1.165) is 0 Å². The van der Waals surface area contributed by atoms with Crippen LogP contribution in [0.4, 0.5) is 8.78 Å². The number of halogens is 2. The molecule has 31 heavy (non-hydrogen) atoms. The second-order valence-electron chi connectivity index (χ2n) is 7.38. The van der Waals surface area contributed by atoms with Crippen LogP contribution in [0.15, 0.2) is 60.7 Å². The van der Waals surface area contributed by atoms with E-state index in [2.05, 4.69) is 11.9 Å². The Morgan fingerprint density at radius 2 is 1.94 bits per heavy atom. The molecule has 2 aromatic rings. The molecule has 2 N–H and O–H groups in total. The molecule has 1 aliphatic rings. The maximum absolute atomic E-state index is 14.9. The van der Waals surface area contributed by atoms with Gasteiger partial charge in [0.15, 0.2) is 0 Å². The minimum Gasteiger partial charge on any atom is -0.496 e. The molecular formula is C25H24F2N2O2. The number of ether oxygens (including phenoxy) is 1. The topological polar surface area (TPSA) is 62.2 Å². The summed E-state index contributed by atoms with van der Waals surface area (Å²) in [6, 6.07) is 8.88. The second-order valence-corrected chi connectivity index (χ2v) is 7.38. The van der Waals surface area contributed by atoms with E-state index in [4.69, 9.17) is 10.1 Å². The number of nitrogens with one attached hydrogen (secondary N) is 2. The average molecular weight is 422 g/mol. The number of methoxy groups -OCH3 is 1. The van der Waals surface area contributed by atoms with Crippen molar-refractivity contribution in [1.29, 1.82) is 5.41 Å². The lowest BCUT2D eigenvalue weighted by atomic mass is 9.91. The summed E-state index contributed by atoms with van der Waals surface area (Å²) in [6.07, 6.45) is 3.54. The third-order valence-corrected chi connectivity index (χ3v) is 5.29. The molecule has 0 radical (unpaired) electrons. The summed E-state index contributed by atoms with van der Waals surface area (Å²) in [5, 5.41) is 10.6.